The van der Waals surface area contributed by atoms with E-state index in [1.807, 2.05) is 6.92 Å². The lowest BCUT2D eigenvalue weighted by Crippen LogP contribution is -2.43. The average molecular weight is 237 g/mol. The Hall–Kier alpha value is -1.49. The summed E-state index contributed by atoms with van der Waals surface area (Å²) in [6, 6.07) is 4.91. The Balaban J connectivity index is 2.65. The Morgan fingerprint density at radius 1 is 1.62 bits per heavy atom. The van der Waals surface area contributed by atoms with Crippen LogP contribution >= 0.6 is 12.2 Å². The molecule has 0 spiro atoms. The highest BCUT2D eigenvalue weighted by Crippen LogP contribution is 2.00. The van der Waals surface area contributed by atoms with Crippen molar-refractivity contribution in [3.05, 3.63) is 30.1 Å². The third-order valence-corrected chi connectivity index (χ3v) is 2.41. The van der Waals surface area contributed by atoms with Gasteiger partial charge in [-0.2, -0.15) is 0 Å². The number of rotatable bonds is 5. The van der Waals surface area contributed by atoms with E-state index in [0.717, 1.165) is 12.8 Å². The molecule has 1 atom stereocenters. The van der Waals surface area contributed by atoms with Crippen molar-refractivity contribution in [2.24, 2.45) is 5.73 Å². The molecule has 0 aromatic carbocycles. The van der Waals surface area contributed by atoms with Gasteiger partial charge in [0, 0.05) is 6.20 Å². The van der Waals surface area contributed by atoms with Gasteiger partial charge in [-0.3, -0.25) is 9.78 Å². The number of nitrogens with two attached hydrogens (primary N) is 1. The van der Waals surface area contributed by atoms with Crippen molar-refractivity contribution in [2.75, 3.05) is 0 Å². The molecule has 1 heterocycles. The summed E-state index contributed by atoms with van der Waals surface area (Å²) < 4.78 is 0. The Morgan fingerprint density at radius 2 is 2.38 bits per heavy atom. The lowest BCUT2D eigenvalue weighted by atomic mass is 10.1. The number of hydrogen-bond donors (Lipinski definition) is 2. The molecule has 4 nitrogen and oxygen atoms in total. The first-order valence-corrected chi connectivity index (χ1v) is 5.57. The fourth-order valence-electron chi connectivity index (χ4n) is 1.30. The molecule has 1 unspecified atom stereocenters. The zero-order valence-corrected chi connectivity index (χ0v) is 9.96. The standard InChI is InChI=1S/C11H15N3OS/c1-2-5-8(10(12)16)14-11(15)9-6-3-4-7-13-9/h3-4,6-8H,2,5H2,1H3,(H2,12,16)(H,14,15). The van der Waals surface area contributed by atoms with Crippen molar-refractivity contribution in [1.82, 2.24) is 10.3 Å². The maximum atomic E-state index is 11.7. The Labute approximate surface area is 100 Å². The van der Waals surface area contributed by atoms with E-state index in [2.05, 4.69) is 10.3 Å². The van der Waals surface area contributed by atoms with Crippen LogP contribution in [-0.2, 0) is 0 Å². The number of nitrogens with one attached hydrogen (secondary N) is 1. The minimum atomic E-state index is -0.255. The van der Waals surface area contributed by atoms with Crippen molar-refractivity contribution >= 4 is 23.1 Å². The lowest BCUT2D eigenvalue weighted by molar-refractivity contribution is 0.0940. The van der Waals surface area contributed by atoms with E-state index in [9.17, 15) is 4.79 Å². The maximum Gasteiger partial charge on any atom is 0.270 e. The van der Waals surface area contributed by atoms with Gasteiger partial charge >= 0.3 is 0 Å². The molecule has 0 aliphatic carbocycles. The minimum Gasteiger partial charge on any atom is -0.392 e. The second-order valence-corrected chi connectivity index (χ2v) is 3.90. The molecule has 1 aromatic heterocycles. The largest absolute Gasteiger partial charge is 0.392 e. The molecule has 1 rings (SSSR count). The number of carbonyl (C=O) groups is 1. The molecule has 16 heavy (non-hydrogen) atoms. The summed E-state index contributed by atoms with van der Waals surface area (Å²) in [6.45, 7) is 2.01. The van der Waals surface area contributed by atoms with Crippen LogP contribution in [0.2, 0.25) is 0 Å². The van der Waals surface area contributed by atoms with Gasteiger partial charge < -0.3 is 11.1 Å². The van der Waals surface area contributed by atoms with Gasteiger partial charge in [-0.1, -0.05) is 31.6 Å². The number of amides is 1. The predicted molar refractivity (Wildman–Crippen MR) is 67.2 cm³/mol. The summed E-state index contributed by atoms with van der Waals surface area (Å²) in [7, 11) is 0. The molecule has 5 heteroatoms. The van der Waals surface area contributed by atoms with Crippen molar-refractivity contribution in [1.29, 1.82) is 0 Å². The van der Waals surface area contributed by atoms with Gasteiger partial charge in [-0.25, -0.2) is 0 Å². The van der Waals surface area contributed by atoms with Crippen LogP contribution in [0.3, 0.4) is 0 Å². The second kappa shape index (κ2) is 6.17. The smallest absolute Gasteiger partial charge is 0.270 e. The van der Waals surface area contributed by atoms with E-state index in [-0.39, 0.29) is 11.9 Å². The summed E-state index contributed by atoms with van der Waals surface area (Å²) in [5.41, 5.74) is 5.92. The van der Waals surface area contributed by atoms with Crippen LogP contribution in [0.4, 0.5) is 0 Å². The van der Waals surface area contributed by atoms with Crippen LogP contribution in [0, 0.1) is 0 Å². The van der Waals surface area contributed by atoms with Crippen LogP contribution < -0.4 is 11.1 Å². The fourth-order valence-corrected chi connectivity index (χ4v) is 1.48. The Morgan fingerprint density at radius 3 is 2.88 bits per heavy atom. The molecular weight excluding hydrogens is 222 g/mol. The summed E-state index contributed by atoms with van der Waals surface area (Å²) >= 11 is 4.89. The van der Waals surface area contributed by atoms with Crippen LogP contribution in [0.1, 0.15) is 30.3 Å². The molecule has 0 aliphatic heterocycles. The highest BCUT2D eigenvalue weighted by Gasteiger charge is 2.15. The second-order valence-electron chi connectivity index (χ2n) is 3.43. The van der Waals surface area contributed by atoms with E-state index >= 15 is 0 Å². The summed E-state index contributed by atoms with van der Waals surface area (Å²) in [4.78, 5) is 16.0. The van der Waals surface area contributed by atoms with Gasteiger partial charge in [0.2, 0.25) is 0 Å². The Kier molecular flexibility index (Phi) is 4.85. The van der Waals surface area contributed by atoms with Gasteiger partial charge in [-0.15, -0.1) is 0 Å². The fraction of sp³-hybridized carbons (Fsp3) is 0.364. The maximum absolute atomic E-state index is 11.7. The quantitative estimate of drug-likeness (QED) is 0.757. The van der Waals surface area contributed by atoms with E-state index in [4.69, 9.17) is 18.0 Å². The van der Waals surface area contributed by atoms with Crippen LogP contribution in [0.15, 0.2) is 24.4 Å². The highest BCUT2D eigenvalue weighted by molar-refractivity contribution is 7.80. The summed E-state index contributed by atoms with van der Waals surface area (Å²) in [5.74, 6) is -0.244. The molecule has 0 aliphatic rings. The van der Waals surface area contributed by atoms with Crippen LogP contribution in [0.5, 0.6) is 0 Å². The van der Waals surface area contributed by atoms with Crippen molar-refractivity contribution in [2.45, 2.75) is 25.8 Å². The first kappa shape index (κ1) is 12.6. The molecule has 3 N–H and O–H groups in total. The van der Waals surface area contributed by atoms with E-state index < -0.39 is 0 Å². The average Bonchev–Trinajstić information content (AvgIpc) is 2.29. The molecule has 0 saturated heterocycles. The molecule has 0 saturated carbocycles. The Bertz CT molecular complexity index is 367. The van der Waals surface area contributed by atoms with Gasteiger partial charge in [0.25, 0.3) is 5.91 Å². The monoisotopic (exact) mass is 237 g/mol. The van der Waals surface area contributed by atoms with Gasteiger partial charge in [0.15, 0.2) is 0 Å². The third kappa shape index (κ3) is 3.58. The van der Waals surface area contributed by atoms with Crippen molar-refractivity contribution in [3.8, 4) is 0 Å². The van der Waals surface area contributed by atoms with E-state index in [1.54, 1.807) is 24.4 Å². The number of thiocarbonyl (C=S) groups is 1. The van der Waals surface area contributed by atoms with Crippen molar-refractivity contribution in [3.63, 3.8) is 0 Å². The third-order valence-electron chi connectivity index (χ3n) is 2.12. The molecule has 86 valence electrons. The molecule has 0 fully saturated rings. The van der Waals surface area contributed by atoms with Gasteiger partial charge in [-0.05, 0) is 18.6 Å². The number of pyridine rings is 1. The van der Waals surface area contributed by atoms with Crippen LogP contribution in [-0.4, -0.2) is 21.9 Å². The molecular formula is C11H15N3OS. The highest BCUT2D eigenvalue weighted by atomic mass is 32.1. The minimum absolute atomic E-state index is 0.244. The van der Waals surface area contributed by atoms with Crippen LogP contribution in [0.25, 0.3) is 0 Å². The normalized spacial score (nSPS) is 11.8. The SMILES string of the molecule is CCCC(NC(=O)c1ccccn1)C(N)=S. The van der Waals surface area contributed by atoms with Crippen molar-refractivity contribution < 1.29 is 4.79 Å². The lowest BCUT2D eigenvalue weighted by Gasteiger charge is -2.16. The molecule has 1 aromatic rings. The summed E-state index contributed by atoms with van der Waals surface area (Å²) in [5, 5.41) is 2.77. The molecule has 0 radical (unpaired) electrons. The zero-order valence-electron chi connectivity index (χ0n) is 9.14. The number of aromatic nitrogens is 1. The van der Waals surface area contributed by atoms with Gasteiger partial charge in [0.1, 0.15) is 5.69 Å². The number of carbonyl (C=O) groups excluding carboxylic acids is 1. The number of nitrogens with zero attached hydrogens (tertiary/aromatic N) is 1. The van der Waals surface area contributed by atoms with E-state index in [0.29, 0.717) is 10.7 Å². The van der Waals surface area contributed by atoms with E-state index in [1.165, 1.54) is 0 Å². The molecule has 0 bridgehead atoms. The zero-order chi connectivity index (χ0) is 12.0. The summed E-state index contributed by atoms with van der Waals surface area (Å²) in [6.07, 6.45) is 3.23. The molecule has 1 amide bonds. The van der Waals surface area contributed by atoms with Gasteiger partial charge in [0.05, 0.1) is 11.0 Å². The first-order chi connectivity index (χ1) is 7.65. The predicted octanol–water partition coefficient (Wildman–Crippen LogP) is 1.27. The first-order valence-electron chi connectivity index (χ1n) is 5.16. The number of hydrogen-bond acceptors (Lipinski definition) is 3. The topological polar surface area (TPSA) is 68.0 Å².